The van der Waals surface area contributed by atoms with E-state index in [2.05, 4.69) is 34.7 Å². The Hall–Kier alpha value is -3.12. The average Bonchev–Trinajstić information content (AvgIpc) is 3.14. The second kappa shape index (κ2) is 7.86. The van der Waals surface area contributed by atoms with Crippen LogP contribution in [-0.4, -0.2) is 40.1 Å². The van der Waals surface area contributed by atoms with E-state index < -0.39 is 5.97 Å². The molecule has 1 fully saturated rings. The molecule has 0 saturated carbocycles. The highest BCUT2D eigenvalue weighted by atomic mass is 16.4. The van der Waals surface area contributed by atoms with E-state index in [9.17, 15) is 14.7 Å². The topological polar surface area (TPSA) is 85.4 Å². The lowest BCUT2D eigenvalue weighted by molar-refractivity contribution is 0.0690. The molecule has 3 aromatic rings. The van der Waals surface area contributed by atoms with Gasteiger partial charge in [-0.15, -0.1) is 0 Å². The smallest absolute Gasteiger partial charge is 0.337 e. The van der Waals surface area contributed by atoms with Crippen LogP contribution in [0.4, 0.5) is 0 Å². The van der Waals surface area contributed by atoms with E-state index in [1.54, 1.807) is 18.2 Å². The number of amides is 1. The minimum atomic E-state index is -1.01. The standard InChI is InChI=1S/C22H23N3O3/c26-21(17-6-7-20-18(13-17)19(14-23-20)22(27)28)24-25-10-8-16(9-11-25)12-15-4-2-1-3-5-15/h1-7,13-14,16,23H,8-12H2,(H,24,26)(H,27,28). The van der Waals surface area contributed by atoms with E-state index in [0.717, 1.165) is 32.4 Å². The number of benzene rings is 2. The molecule has 3 N–H and O–H groups in total. The molecule has 0 aliphatic carbocycles. The maximum atomic E-state index is 12.6. The Balaban J connectivity index is 1.36. The molecular formula is C22H23N3O3. The van der Waals surface area contributed by atoms with Crippen LogP contribution in [0.25, 0.3) is 10.9 Å². The molecule has 6 heteroatoms. The maximum Gasteiger partial charge on any atom is 0.337 e. The van der Waals surface area contributed by atoms with Gasteiger partial charge in [0.1, 0.15) is 0 Å². The molecule has 0 bridgehead atoms. The molecule has 0 unspecified atom stereocenters. The number of rotatable bonds is 5. The SMILES string of the molecule is O=C(NN1CCC(Cc2ccccc2)CC1)c1ccc2[nH]cc(C(=O)O)c2c1. The lowest BCUT2D eigenvalue weighted by Gasteiger charge is -2.32. The summed E-state index contributed by atoms with van der Waals surface area (Å²) in [5, 5.41) is 11.8. The van der Waals surface area contributed by atoms with Crippen LogP contribution in [-0.2, 0) is 6.42 Å². The van der Waals surface area contributed by atoms with Crippen LogP contribution in [0.15, 0.2) is 54.7 Å². The van der Waals surface area contributed by atoms with Crippen LogP contribution in [0.3, 0.4) is 0 Å². The van der Waals surface area contributed by atoms with Gasteiger partial charge in [-0.25, -0.2) is 9.80 Å². The van der Waals surface area contributed by atoms with E-state index in [1.807, 2.05) is 11.1 Å². The fraction of sp³-hybridized carbons (Fsp3) is 0.273. The molecule has 1 saturated heterocycles. The molecule has 2 aromatic carbocycles. The van der Waals surface area contributed by atoms with E-state index in [4.69, 9.17) is 0 Å². The highest BCUT2D eigenvalue weighted by Gasteiger charge is 2.21. The van der Waals surface area contributed by atoms with Crippen molar-refractivity contribution >= 4 is 22.8 Å². The van der Waals surface area contributed by atoms with Crippen LogP contribution in [0.5, 0.6) is 0 Å². The van der Waals surface area contributed by atoms with Crippen molar-refractivity contribution in [2.24, 2.45) is 5.92 Å². The minimum absolute atomic E-state index is 0.173. The first-order valence-electron chi connectivity index (χ1n) is 9.54. The normalized spacial score (nSPS) is 15.6. The van der Waals surface area contributed by atoms with Gasteiger partial charge in [0.05, 0.1) is 5.56 Å². The number of aromatic amines is 1. The second-order valence-corrected chi connectivity index (χ2v) is 7.33. The van der Waals surface area contributed by atoms with E-state index in [0.29, 0.717) is 22.4 Å². The third-order valence-electron chi connectivity index (χ3n) is 5.42. The average molecular weight is 377 g/mol. The highest BCUT2D eigenvalue weighted by Crippen LogP contribution is 2.22. The number of fused-ring (bicyclic) bond motifs is 1. The Kier molecular flexibility index (Phi) is 5.12. The van der Waals surface area contributed by atoms with Crippen molar-refractivity contribution < 1.29 is 14.7 Å². The second-order valence-electron chi connectivity index (χ2n) is 7.33. The Labute approximate surface area is 163 Å². The molecule has 2 heterocycles. The summed E-state index contributed by atoms with van der Waals surface area (Å²) in [4.78, 5) is 26.8. The van der Waals surface area contributed by atoms with Crippen LogP contribution in [0.2, 0.25) is 0 Å². The molecule has 1 aliphatic rings. The summed E-state index contributed by atoms with van der Waals surface area (Å²) in [6.07, 6.45) is 4.60. The minimum Gasteiger partial charge on any atom is -0.478 e. The monoisotopic (exact) mass is 377 g/mol. The van der Waals surface area contributed by atoms with Gasteiger partial charge in [-0.05, 0) is 48.9 Å². The first-order chi connectivity index (χ1) is 13.6. The summed E-state index contributed by atoms with van der Waals surface area (Å²) in [5.41, 5.74) is 5.66. The first kappa shape index (κ1) is 18.3. The quantitative estimate of drug-likeness (QED) is 0.636. The number of nitrogens with one attached hydrogen (secondary N) is 2. The number of hydrogen-bond acceptors (Lipinski definition) is 3. The van der Waals surface area contributed by atoms with Gasteiger partial charge in [0.15, 0.2) is 0 Å². The number of nitrogens with zero attached hydrogens (tertiary/aromatic N) is 1. The number of carbonyl (C=O) groups excluding carboxylic acids is 1. The number of H-pyrrole nitrogens is 1. The van der Waals surface area contributed by atoms with Crippen molar-refractivity contribution in [2.45, 2.75) is 19.3 Å². The number of carboxylic acids is 1. The van der Waals surface area contributed by atoms with Gasteiger partial charge in [0.25, 0.3) is 5.91 Å². The van der Waals surface area contributed by atoms with Gasteiger partial charge in [0, 0.05) is 35.8 Å². The molecular weight excluding hydrogens is 354 g/mol. The van der Waals surface area contributed by atoms with Crippen molar-refractivity contribution in [3.05, 3.63) is 71.4 Å². The zero-order chi connectivity index (χ0) is 19.5. The molecule has 1 aliphatic heterocycles. The Bertz CT molecular complexity index is 989. The lowest BCUT2D eigenvalue weighted by atomic mass is 9.91. The Morgan fingerprint density at radius 1 is 1.11 bits per heavy atom. The molecule has 28 heavy (non-hydrogen) atoms. The molecule has 0 atom stereocenters. The fourth-order valence-electron chi connectivity index (χ4n) is 3.84. The zero-order valence-corrected chi connectivity index (χ0v) is 15.5. The maximum absolute atomic E-state index is 12.6. The number of aromatic nitrogens is 1. The van der Waals surface area contributed by atoms with Gasteiger partial charge in [0.2, 0.25) is 0 Å². The van der Waals surface area contributed by atoms with E-state index in [1.165, 1.54) is 11.8 Å². The van der Waals surface area contributed by atoms with E-state index in [-0.39, 0.29) is 11.5 Å². The van der Waals surface area contributed by atoms with Gasteiger partial charge in [-0.1, -0.05) is 30.3 Å². The predicted molar refractivity (Wildman–Crippen MR) is 107 cm³/mol. The number of aromatic carboxylic acids is 1. The van der Waals surface area contributed by atoms with Crippen molar-refractivity contribution in [2.75, 3.05) is 13.1 Å². The highest BCUT2D eigenvalue weighted by molar-refractivity contribution is 6.06. The molecule has 1 amide bonds. The van der Waals surface area contributed by atoms with Crippen LogP contribution in [0, 0.1) is 5.92 Å². The number of piperidine rings is 1. The van der Waals surface area contributed by atoms with Crippen LogP contribution < -0.4 is 5.43 Å². The zero-order valence-electron chi connectivity index (χ0n) is 15.5. The van der Waals surface area contributed by atoms with Gasteiger partial charge in [-0.3, -0.25) is 10.2 Å². The van der Waals surface area contributed by atoms with Crippen LogP contribution >= 0.6 is 0 Å². The molecule has 4 rings (SSSR count). The van der Waals surface area contributed by atoms with Crippen molar-refractivity contribution in [3.8, 4) is 0 Å². The van der Waals surface area contributed by atoms with Gasteiger partial charge < -0.3 is 10.1 Å². The number of carboxylic acid groups (broad SMARTS) is 1. The number of hydrogen-bond donors (Lipinski definition) is 3. The molecule has 0 spiro atoms. The first-order valence-corrected chi connectivity index (χ1v) is 9.54. The van der Waals surface area contributed by atoms with Crippen LogP contribution in [0.1, 0.15) is 39.1 Å². The summed E-state index contributed by atoms with van der Waals surface area (Å²) in [6.45, 7) is 1.63. The third kappa shape index (κ3) is 3.92. The Morgan fingerprint density at radius 3 is 2.57 bits per heavy atom. The van der Waals surface area contributed by atoms with Gasteiger partial charge in [-0.2, -0.15) is 0 Å². The summed E-state index contributed by atoms with van der Waals surface area (Å²) in [7, 11) is 0. The third-order valence-corrected chi connectivity index (χ3v) is 5.42. The number of hydrazine groups is 1. The molecule has 6 nitrogen and oxygen atoms in total. The summed E-state index contributed by atoms with van der Waals surface area (Å²) >= 11 is 0. The van der Waals surface area contributed by atoms with E-state index >= 15 is 0 Å². The Morgan fingerprint density at radius 2 is 1.86 bits per heavy atom. The lowest BCUT2D eigenvalue weighted by Crippen LogP contribution is -2.46. The van der Waals surface area contributed by atoms with Crippen molar-refractivity contribution in [3.63, 3.8) is 0 Å². The summed E-state index contributed by atoms with van der Waals surface area (Å²) in [6, 6.07) is 15.6. The summed E-state index contributed by atoms with van der Waals surface area (Å²) in [5.74, 6) is -0.588. The predicted octanol–water partition coefficient (Wildman–Crippen LogP) is 3.47. The molecule has 1 aromatic heterocycles. The molecule has 144 valence electrons. The molecule has 0 radical (unpaired) electrons. The summed E-state index contributed by atoms with van der Waals surface area (Å²) < 4.78 is 0. The van der Waals surface area contributed by atoms with Gasteiger partial charge >= 0.3 is 5.97 Å². The number of carbonyl (C=O) groups is 2. The largest absolute Gasteiger partial charge is 0.478 e. The fourth-order valence-corrected chi connectivity index (χ4v) is 3.84. The van der Waals surface area contributed by atoms with Crippen molar-refractivity contribution in [1.29, 1.82) is 0 Å². The van der Waals surface area contributed by atoms with Crippen molar-refractivity contribution in [1.82, 2.24) is 15.4 Å².